The maximum Gasteiger partial charge on any atom is 0.323 e. The average Bonchev–Trinajstić information content (AvgIpc) is 2.60. The van der Waals surface area contributed by atoms with Gasteiger partial charge in [-0.3, -0.25) is 14.4 Å². The summed E-state index contributed by atoms with van der Waals surface area (Å²) < 4.78 is 20.0. The fraction of sp³-hybridized carbons (Fsp3) is 0.562. The Hall–Kier alpha value is -2.15. The minimum absolute atomic E-state index is 0.373. The summed E-state index contributed by atoms with van der Waals surface area (Å²) in [6.45, 7) is 0. The third-order valence-corrected chi connectivity index (χ3v) is 4.08. The van der Waals surface area contributed by atoms with Crippen molar-refractivity contribution in [2.24, 2.45) is 11.8 Å². The van der Waals surface area contributed by atoms with Crippen LogP contribution >= 0.6 is 0 Å². The highest BCUT2D eigenvalue weighted by atomic mass is 16.6. The summed E-state index contributed by atoms with van der Waals surface area (Å²) in [4.78, 5) is 35.7. The van der Waals surface area contributed by atoms with E-state index in [1.807, 2.05) is 6.08 Å². The third-order valence-electron chi connectivity index (χ3n) is 4.08. The maximum absolute atomic E-state index is 11.9. The zero-order valence-electron chi connectivity index (χ0n) is 13.3. The van der Waals surface area contributed by atoms with E-state index in [9.17, 15) is 14.4 Å². The smallest absolute Gasteiger partial charge is 0.323 e. The first-order valence-corrected chi connectivity index (χ1v) is 7.30. The predicted molar refractivity (Wildman–Crippen MR) is 78.1 cm³/mol. The molecule has 1 aliphatic carbocycles. The Morgan fingerprint density at radius 3 is 2.35 bits per heavy atom. The average molecular weight is 324 g/mol. The minimum atomic E-state index is -1.23. The van der Waals surface area contributed by atoms with E-state index in [1.54, 1.807) is 12.2 Å². The van der Waals surface area contributed by atoms with Gasteiger partial charge >= 0.3 is 17.9 Å². The normalized spacial score (nSPS) is 26.1. The fourth-order valence-electron chi connectivity index (χ4n) is 2.89. The molecule has 0 aromatic carbocycles. The Kier molecular flexibility index (Phi) is 5.54. The van der Waals surface area contributed by atoms with Gasteiger partial charge in [0.2, 0.25) is 0 Å². The lowest BCUT2D eigenvalue weighted by Crippen LogP contribution is -2.45. The van der Waals surface area contributed by atoms with Gasteiger partial charge in [-0.1, -0.05) is 18.2 Å². The predicted octanol–water partition coefficient (Wildman–Crippen LogP) is 0.782. The van der Waals surface area contributed by atoms with Crippen molar-refractivity contribution in [3.05, 3.63) is 23.8 Å². The SMILES string of the molecule is COC(=O)C1CCC=C2C=CC(C(C(=O)OC)C(=O)OC)OC21. The van der Waals surface area contributed by atoms with Gasteiger partial charge in [0.1, 0.15) is 6.10 Å². The zero-order valence-corrected chi connectivity index (χ0v) is 13.3. The van der Waals surface area contributed by atoms with Crippen molar-refractivity contribution >= 4 is 17.9 Å². The number of hydrogen-bond donors (Lipinski definition) is 0. The number of ether oxygens (including phenoxy) is 4. The third kappa shape index (κ3) is 3.44. The molecule has 0 aromatic rings. The van der Waals surface area contributed by atoms with E-state index in [0.717, 1.165) is 12.0 Å². The molecule has 23 heavy (non-hydrogen) atoms. The summed E-state index contributed by atoms with van der Waals surface area (Å²) in [5, 5.41) is 0. The molecule has 0 saturated heterocycles. The van der Waals surface area contributed by atoms with E-state index in [4.69, 9.17) is 9.47 Å². The monoisotopic (exact) mass is 324 g/mol. The molecule has 1 heterocycles. The number of methoxy groups -OCH3 is 3. The molecular weight excluding hydrogens is 304 g/mol. The van der Waals surface area contributed by atoms with Crippen LogP contribution in [0.4, 0.5) is 0 Å². The van der Waals surface area contributed by atoms with Gasteiger partial charge in [0, 0.05) is 0 Å². The molecule has 126 valence electrons. The van der Waals surface area contributed by atoms with E-state index >= 15 is 0 Å². The van der Waals surface area contributed by atoms with E-state index in [1.165, 1.54) is 21.3 Å². The van der Waals surface area contributed by atoms with Crippen molar-refractivity contribution in [3.8, 4) is 0 Å². The van der Waals surface area contributed by atoms with Crippen molar-refractivity contribution in [1.29, 1.82) is 0 Å². The van der Waals surface area contributed by atoms with Crippen LogP contribution in [0.2, 0.25) is 0 Å². The van der Waals surface area contributed by atoms with Crippen molar-refractivity contribution < 1.29 is 33.3 Å². The molecule has 0 aromatic heterocycles. The number of carbonyl (C=O) groups excluding carboxylic acids is 3. The molecule has 1 aliphatic heterocycles. The van der Waals surface area contributed by atoms with Gasteiger partial charge in [-0.2, -0.15) is 0 Å². The van der Waals surface area contributed by atoms with Crippen LogP contribution < -0.4 is 0 Å². The van der Waals surface area contributed by atoms with Crippen LogP contribution in [-0.2, 0) is 33.3 Å². The van der Waals surface area contributed by atoms with Crippen molar-refractivity contribution in [1.82, 2.24) is 0 Å². The molecule has 7 nitrogen and oxygen atoms in total. The number of carbonyl (C=O) groups is 3. The van der Waals surface area contributed by atoms with Gasteiger partial charge < -0.3 is 18.9 Å². The van der Waals surface area contributed by atoms with Crippen LogP contribution in [0.3, 0.4) is 0 Å². The van der Waals surface area contributed by atoms with E-state index in [2.05, 4.69) is 9.47 Å². The molecule has 0 fully saturated rings. The standard InChI is InChI=1S/C16H20O7/c1-20-14(17)10-6-4-5-9-7-8-11(23-13(9)10)12(15(18)21-2)16(19)22-3/h5,7-8,10-13H,4,6H2,1-3H3. The zero-order chi connectivity index (χ0) is 17.0. The molecule has 7 heteroatoms. The number of allylic oxidation sites excluding steroid dienone is 1. The Bertz CT molecular complexity index is 533. The molecular formula is C16H20O7. The lowest BCUT2D eigenvalue weighted by molar-refractivity contribution is -0.168. The van der Waals surface area contributed by atoms with Crippen LogP contribution in [0.15, 0.2) is 23.8 Å². The van der Waals surface area contributed by atoms with E-state index in [-0.39, 0.29) is 5.97 Å². The van der Waals surface area contributed by atoms with Crippen molar-refractivity contribution in [3.63, 3.8) is 0 Å². The second-order valence-corrected chi connectivity index (χ2v) is 5.32. The summed E-state index contributed by atoms with van der Waals surface area (Å²) in [7, 11) is 3.70. The number of hydrogen-bond acceptors (Lipinski definition) is 7. The molecule has 2 rings (SSSR count). The Morgan fingerprint density at radius 1 is 1.13 bits per heavy atom. The summed E-state index contributed by atoms with van der Waals surface area (Å²) >= 11 is 0. The highest BCUT2D eigenvalue weighted by molar-refractivity contribution is 5.96. The molecule has 2 aliphatic rings. The van der Waals surface area contributed by atoms with Crippen LogP contribution in [0, 0.1) is 11.8 Å². The molecule has 0 saturated carbocycles. The Labute approximate surface area is 134 Å². The lowest BCUT2D eigenvalue weighted by atomic mass is 9.83. The lowest BCUT2D eigenvalue weighted by Gasteiger charge is -2.36. The minimum Gasteiger partial charge on any atom is -0.469 e. The van der Waals surface area contributed by atoms with Gasteiger partial charge in [-0.25, -0.2) is 0 Å². The second-order valence-electron chi connectivity index (χ2n) is 5.32. The Morgan fingerprint density at radius 2 is 1.78 bits per heavy atom. The summed E-state index contributed by atoms with van der Waals surface area (Å²) in [6.07, 6.45) is 5.27. The Balaban J connectivity index is 2.27. The first-order valence-electron chi connectivity index (χ1n) is 7.30. The van der Waals surface area contributed by atoms with Crippen molar-refractivity contribution in [2.75, 3.05) is 21.3 Å². The fourth-order valence-corrected chi connectivity index (χ4v) is 2.89. The maximum atomic E-state index is 11.9. The molecule has 0 spiro atoms. The van der Waals surface area contributed by atoms with Crippen LogP contribution in [0.5, 0.6) is 0 Å². The summed E-state index contributed by atoms with van der Waals surface area (Å²) in [5.41, 5.74) is 0.844. The van der Waals surface area contributed by atoms with E-state index in [0.29, 0.717) is 6.42 Å². The second kappa shape index (κ2) is 7.41. The van der Waals surface area contributed by atoms with Crippen LogP contribution in [0.1, 0.15) is 12.8 Å². The molecule has 3 unspecified atom stereocenters. The first-order chi connectivity index (χ1) is 11.0. The van der Waals surface area contributed by atoms with Gasteiger partial charge in [0.05, 0.1) is 33.4 Å². The van der Waals surface area contributed by atoms with Gasteiger partial charge in [0.15, 0.2) is 5.92 Å². The highest BCUT2D eigenvalue weighted by Crippen LogP contribution is 2.34. The molecule has 0 N–H and O–H groups in total. The quantitative estimate of drug-likeness (QED) is 0.429. The number of esters is 3. The molecule has 0 amide bonds. The van der Waals surface area contributed by atoms with Gasteiger partial charge in [-0.05, 0) is 18.4 Å². The first kappa shape index (κ1) is 17.2. The number of rotatable bonds is 4. The molecule has 0 bridgehead atoms. The summed E-state index contributed by atoms with van der Waals surface area (Å²) in [6, 6.07) is 0. The highest BCUT2D eigenvalue weighted by Gasteiger charge is 2.43. The number of fused-ring (bicyclic) bond motifs is 1. The van der Waals surface area contributed by atoms with Crippen LogP contribution in [-0.4, -0.2) is 51.4 Å². The molecule has 0 radical (unpaired) electrons. The van der Waals surface area contributed by atoms with Crippen molar-refractivity contribution in [2.45, 2.75) is 25.0 Å². The topological polar surface area (TPSA) is 88.1 Å². The van der Waals surface area contributed by atoms with Gasteiger partial charge in [0.25, 0.3) is 0 Å². The van der Waals surface area contributed by atoms with Gasteiger partial charge in [-0.15, -0.1) is 0 Å². The van der Waals surface area contributed by atoms with Crippen LogP contribution in [0.25, 0.3) is 0 Å². The summed E-state index contributed by atoms with van der Waals surface area (Å²) in [5.74, 6) is -3.57. The van der Waals surface area contributed by atoms with E-state index < -0.39 is 36.0 Å². The largest absolute Gasteiger partial charge is 0.469 e. The molecule has 3 atom stereocenters.